The van der Waals surface area contributed by atoms with Crippen LogP contribution in [0.25, 0.3) is 22.3 Å². The first kappa shape index (κ1) is 35.1. The van der Waals surface area contributed by atoms with E-state index in [9.17, 15) is 23.2 Å². The highest BCUT2D eigenvalue weighted by Gasteiger charge is 2.78. The van der Waals surface area contributed by atoms with Crippen LogP contribution in [-0.4, -0.2) is 88.5 Å². The van der Waals surface area contributed by atoms with Gasteiger partial charge >= 0.3 is 0 Å². The SMILES string of the molecule is CN(C(=O)CC1CCN(CC2CCN(c3ccc([C@H]4CCC(=O)NC4=O)cn3)CC2)CC1)c1ccc2cc(-c3n[nH]c4c3C[C@@H]3C(F)(F)[C@]3(C)C4)[nH]c2c1. The number of halogens is 2. The number of fused-ring (bicyclic) bond motifs is 3. The number of pyridine rings is 1. The number of carbonyl (C=O) groups is 3. The zero-order chi connectivity index (χ0) is 37.4. The Morgan fingerprint density at radius 2 is 1.78 bits per heavy atom. The molecule has 4 fully saturated rings. The van der Waals surface area contributed by atoms with Gasteiger partial charge in [0.1, 0.15) is 11.5 Å². The van der Waals surface area contributed by atoms with Crippen molar-refractivity contribution in [2.24, 2.45) is 23.2 Å². The zero-order valence-corrected chi connectivity index (χ0v) is 31.0. The first-order chi connectivity index (χ1) is 26.0. The Bertz CT molecular complexity index is 2100. The number of imide groups is 1. The van der Waals surface area contributed by atoms with Crippen molar-refractivity contribution in [1.82, 2.24) is 30.4 Å². The van der Waals surface area contributed by atoms with Crippen LogP contribution in [0.3, 0.4) is 0 Å². The summed E-state index contributed by atoms with van der Waals surface area (Å²) in [5, 5.41) is 11.0. The smallest absolute Gasteiger partial charge is 0.258 e. The van der Waals surface area contributed by atoms with Crippen molar-refractivity contribution in [1.29, 1.82) is 0 Å². The molecular weight excluding hydrogens is 691 g/mol. The minimum absolute atomic E-state index is 0.112. The fourth-order valence-electron chi connectivity index (χ4n) is 9.69. The molecule has 3 atom stereocenters. The van der Waals surface area contributed by atoms with Crippen molar-refractivity contribution in [3.8, 4) is 11.4 Å². The minimum Gasteiger partial charge on any atom is -0.357 e. The van der Waals surface area contributed by atoms with Gasteiger partial charge in [0.15, 0.2) is 0 Å². The molecule has 2 aliphatic carbocycles. The lowest BCUT2D eigenvalue weighted by Crippen LogP contribution is -2.42. The molecule has 6 heterocycles. The van der Waals surface area contributed by atoms with Crippen LogP contribution in [-0.2, 0) is 27.2 Å². The third-order valence-electron chi connectivity index (χ3n) is 13.5. The predicted molar refractivity (Wildman–Crippen MR) is 201 cm³/mol. The van der Waals surface area contributed by atoms with E-state index in [1.165, 1.54) is 0 Å². The van der Waals surface area contributed by atoms with Crippen LogP contribution in [0.1, 0.15) is 74.6 Å². The fourth-order valence-corrected chi connectivity index (χ4v) is 9.69. The number of amides is 3. The molecule has 13 heteroatoms. The summed E-state index contributed by atoms with van der Waals surface area (Å²) >= 11 is 0. The molecule has 0 radical (unpaired) electrons. The minimum atomic E-state index is -2.63. The molecule has 5 aliphatic rings. The van der Waals surface area contributed by atoms with Gasteiger partial charge in [0, 0.05) is 91.3 Å². The molecule has 54 heavy (non-hydrogen) atoms. The molecule has 11 nitrogen and oxygen atoms in total. The summed E-state index contributed by atoms with van der Waals surface area (Å²) < 4.78 is 29.0. The Labute approximate surface area is 313 Å². The van der Waals surface area contributed by atoms with Crippen molar-refractivity contribution < 1.29 is 23.2 Å². The van der Waals surface area contributed by atoms with E-state index >= 15 is 0 Å². The van der Waals surface area contributed by atoms with Crippen LogP contribution >= 0.6 is 0 Å². The molecule has 3 saturated heterocycles. The van der Waals surface area contributed by atoms with Crippen LogP contribution in [0.5, 0.6) is 0 Å². The number of benzene rings is 1. The van der Waals surface area contributed by atoms with Gasteiger partial charge in [0.2, 0.25) is 17.7 Å². The number of nitrogens with one attached hydrogen (secondary N) is 3. The van der Waals surface area contributed by atoms with Crippen LogP contribution in [0.2, 0.25) is 0 Å². The highest BCUT2D eigenvalue weighted by molar-refractivity contribution is 6.01. The van der Waals surface area contributed by atoms with Gasteiger partial charge < -0.3 is 19.7 Å². The third kappa shape index (κ3) is 6.17. The maximum Gasteiger partial charge on any atom is 0.258 e. The number of aromatic nitrogens is 4. The molecule has 3 aliphatic heterocycles. The molecule has 1 aromatic carbocycles. The zero-order valence-electron chi connectivity index (χ0n) is 31.0. The van der Waals surface area contributed by atoms with E-state index in [1.54, 1.807) is 18.0 Å². The van der Waals surface area contributed by atoms with Crippen LogP contribution in [0.4, 0.5) is 20.3 Å². The summed E-state index contributed by atoms with van der Waals surface area (Å²) in [5.74, 6) is -1.98. The summed E-state index contributed by atoms with van der Waals surface area (Å²) in [6.45, 7) is 6.69. The van der Waals surface area contributed by atoms with E-state index in [-0.39, 0.29) is 23.6 Å². The predicted octanol–water partition coefficient (Wildman–Crippen LogP) is 5.82. The first-order valence-electron chi connectivity index (χ1n) is 19.6. The summed E-state index contributed by atoms with van der Waals surface area (Å²) in [7, 11) is 1.84. The lowest BCUT2D eigenvalue weighted by molar-refractivity contribution is -0.134. The molecule has 284 valence electrons. The average Bonchev–Trinajstić information content (AvgIpc) is 3.55. The van der Waals surface area contributed by atoms with Gasteiger partial charge in [-0.15, -0.1) is 0 Å². The number of hydrogen-bond donors (Lipinski definition) is 3. The summed E-state index contributed by atoms with van der Waals surface area (Å²) in [6.07, 6.45) is 8.09. The number of likely N-dealkylation sites (tertiary alicyclic amines) is 1. The number of alkyl halides is 2. The Kier molecular flexibility index (Phi) is 8.63. The van der Waals surface area contributed by atoms with Gasteiger partial charge in [0.05, 0.1) is 11.6 Å². The number of nitrogens with zero attached hydrogens (tertiary/aromatic N) is 5. The number of H-pyrrole nitrogens is 2. The first-order valence-corrected chi connectivity index (χ1v) is 19.6. The van der Waals surface area contributed by atoms with E-state index in [1.807, 2.05) is 43.4 Å². The standard InChI is InChI=1S/C41H48F2N8O3/c1-40-21-33-30(20-34(40)41(40,42)43)38(48-47-33)32-18-26-3-5-28(19-31(26)45-32)49(2)37(53)17-24-9-13-50(14-10-24)23-25-11-15-51(16-12-25)35-7-4-27(22-44-35)29-6-8-36(52)46-39(29)54/h3-5,7,18-19,22,24-25,29,34,45H,6,8-17,20-21,23H2,1-2H3,(H,47,48)(H,46,52,54)/t29-,34+,40-/m1/s1. The summed E-state index contributed by atoms with van der Waals surface area (Å²) in [4.78, 5) is 52.0. The Hall–Kier alpha value is -4.65. The lowest BCUT2D eigenvalue weighted by atomic mass is 9.87. The summed E-state index contributed by atoms with van der Waals surface area (Å²) in [5.41, 5.74) is 4.80. The molecule has 4 aromatic rings. The molecule has 3 N–H and O–H groups in total. The van der Waals surface area contributed by atoms with Crippen molar-refractivity contribution in [2.75, 3.05) is 49.6 Å². The lowest BCUT2D eigenvalue weighted by Gasteiger charge is -2.38. The van der Waals surface area contributed by atoms with Crippen LogP contribution < -0.4 is 15.1 Å². The Balaban J connectivity index is 0.737. The fraction of sp³-hybridized carbons (Fsp3) is 0.537. The molecule has 3 aromatic heterocycles. The number of piperidine rings is 3. The van der Waals surface area contributed by atoms with E-state index in [0.717, 1.165) is 103 Å². The van der Waals surface area contributed by atoms with E-state index in [2.05, 4.69) is 35.3 Å². The molecule has 1 saturated carbocycles. The third-order valence-corrected chi connectivity index (χ3v) is 13.5. The second-order valence-corrected chi connectivity index (χ2v) is 16.7. The maximum absolute atomic E-state index is 14.5. The molecule has 0 spiro atoms. The quantitative estimate of drug-likeness (QED) is 0.194. The van der Waals surface area contributed by atoms with Gasteiger partial charge in [-0.2, -0.15) is 5.10 Å². The van der Waals surface area contributed by atoms with Crippen molar-refractivity contribution in [3.63, 3.8) is 0 Å². The van der Waals surface area contributed by atoms with Crippen molar-refractivity contribution in [3.05, 3.63) is 59.4 Å². The van der Waals surface area contributed by atoms with Gasteiger partial charge in [-0.1, -0.05) is 19.1 Å². The van der Waals surface area contributed by atoms with Crippen molar-refractivity contribution in [2.45, 2.75) is 76.6 Å². The Morgan fingerprint density at radius 3 is 2.52 bits per heavy atom. The second-order valence-electron chi connectivity index (χ2n) is 16.7. The highest BCUT2D eigenvalue weighted by Crippen LogP contribution is 2.70. The van der Waals surface area contributed by atoms with E-state index in [4.69, 9.17) is 0 Å². The van der Waals surface area contributed by atoms with Gasteiger partial charge in [0.25, 0.3) is 5.92 Å². The summed E-state index contributed by atoms with van der Waals surface area (Å²) in [6, 6.07) is 11.9. The number of carbonyl (C=O) groups excluding carboxylic acids is 3. The number of rotatable bonds is 8. The van der Waals surface area contributed by atoms with Gasteiger partial charge in [-0.3, -0.25) is 24.8 Å². The normalized spacial score (nSPS) is 26.0. The van der Waals surface area contributed by atoms with Crippen LogP contribution in [0.15, 0.2) is 42.6 Å². The van der Waals surface area contributed by atoms with E-state index in [0.29, 0.717) is 49.6 Å². The number of aromatic amines is 2. The molecule has 0 unspecified atom stereocenters. The second kappa shape index (κ2) is 13.3. The largest absolute Gasteiger partial charge is 0.357 e. The molecule has 0 bridgehead atoms. The number of hydrogen-bond acceptors (Lipinski definition) is 7. The Morgan fingerprint density at radius 1 is 1.00 bits per heavy atom. The van der Waals surface area contributed by atoms with Gasteiger partial charge in [-0.25, -0.2) is 13.8 Å². The van der Waals surface area contributed by atoms with E-state index < -0.39 is 17.3 Å². The maximum atomic E-state index is 14.5. The molecule has 9 rings (SSSR count). The van der Waals surface area contributed by atoms with Crippen molar-refractivity contribution >= 4 is 40.1 Å². The molecule has 3 amide bonds. The highest BCUT2D eigenvalue weighted by atomic mass is 19.3. The monoisotopic (exact) mass is 738 g/mol. The molecular formula is C41H48F2N8O3. The van der Waals surface area contributed by atoms with Gasteiger partial charge in [-0.05, 0) is 93.3 Å². The number of anilines is 2. The average molecular weight is 739 g/mol. The van der Waals surface area contributed by atoms with Crippen LogP contribution in [0, 0.1) is 23.2 Å². The topological polar surface area (TPSA) is 130 Å².